The lowest BCUT2D eigenvalue weighted by atomic mass is 10.0. The molecule has 0 fully saturated rings. The largest absolute Gasteiger partial charge is 0.368 e. The third kappa shape index (κ3) is 5.22. The van der Waals surface area contributed by atoms with E-state index < -0.39 is 6.29 Å². The average molecular weight is 160 g/mol. The lowest BCUT2D eigenvalue weighted by Crippen LogP contribution is -2.21. The first-order valence-electron chi connectivity index (χ1n) is 4.52. The zero-order valence-electron chi connectivity index (χ0n) is 7.84. The maximum absolute atomic E-state index is 9.32. The number of hydrogen-bond donors (Lipinski definition) is 1. The van der Waals surface area contributed by atoms with Crippen molar-refractivity contribution >= 4 is 0 Å². The zero-order chi connectivity index (χ0) is 8.69. The van der Waals surface area contributed by atoms with Crippen molar-refractivity contribution in [3.05, 3.63) is 0 Å². The van der Waals surface area contributed by atoms with E-state index in [0.717, 1.165) is 6.42 Å². The maximum Gasteiger partial charge on any atom is 0.157 e. The van der Waals surface area contributed by atoms with Crippen LogP contribution in [0, 0.1) is 5.92 Å². The molecule has 1 N–H and O–H groups in total. The highest BCUT2D eigenvalue weighted by molar-refractivity contribution is 4.54. The Balaban J connectivity index is 3.38. The van der Waals surface area contributed by atoms with Crippen molar-refractivity contribution in [3.63, 3.8) is 0 Å². The number of rotatable bonds is 6. The second-order valence-corrected chi connectivity index (χ2v) is 2.97. The third-order valence-electron chi connectivity index (χ3n) is 1.84. The molecule has 0 aromatic carbocycles. The number of hydrogen-bond acceptors (Lipinski definition) is 2. The summed E-state index contributed by atoms with van der Waals surface area (Å²) < 4.78 is 5.06. The molecular formula is C9H20O2. The van der Waals surface area contributed by atoms with Crippen molar-refractivity contribution < 1.29 is 9.84 Å². The Kier molecular flexibility index (Phi) is 6.57. The predicted octanol–water partition coefficient (Wildman–Crippen LogP) is 2.17. The van der Waals surface area contributed by atoms with Crippen LogP contribution in [0.2, 0.25) is 0 Å². The monoisotopic (exact) mass is 160 g/mol. The van der Waals surface area contributed by atoms with E-state index in [1.165, 1.54) is 12.8 Å². The summed E-state index contributed by atoms with van der Waals surface area (Å²) in [5.41, 5.74) is 0. The summed E-state index contributed by atoms with van der Waals surface area (Å²) in [6.07, 6.45) is 2.85. The van der Waals surface area contributed by atoms with Crippen LogP contribution in [0.15, 0.2) is 0 Å². The molecule has 0 amide bonds. The molecule has 2 nitrogen and oxygen atoms in total. The number of aliphatic hydroxyl groups excluding tert-OH is 1. The van der Waals surface area contributed by atoms with Gasteiger partial charge in [0.25, 0.3) is 0 Å². The van der Waals surface area contributed by atoms with Crippen molar-refractivity contribution in [2.24, 2.45) is 5.92 Å². The summed E-state index contributed by atoms with van der Waals surface area (Å²) in [5, 5.41) is 9.32. The molecule has 2 unspecified atom stereocenters. The highest BCUT2D eigenvalue weighted by Crippen LogP contribution is 2.12. The molecule has 0 aromatic heterocycles. The second kappa shape index (κ2) is 6.62. The normalized spacial score (nSPS) is 16.4. The Morgan fingerprint density at radius 3 is 2.45 bits per heavy atom. The van der Waals surface area contributed by atoms with Gasteiger partial charge in [-0.2, -0.15) is 0 Å². The van der Waals surface area contributed by atoms with E-state index in [4.69, 9.17) is 4.74 Å². The second-order valence-electron chi connectivity index (χ2n) is 2.97. The Labute approximate surface area is 69.6 Å². The molecular weight excluding hydrogens is 140 g/mol. The van der Waals surface area contributed by atoms with Gasteiger partial charge in [-0.25, -0.2) is 0 Å². The van der Waals surface area contributed by atoms with E-state index in [9.17, 15) is 5.11 Å². The molecule has 0 heterocycles. The number of unbranched alkanes of at least 4 members (excludes halogenated alkanes) is 1. The van der Waals surface area contributed by atoms with Crippen molar-refractivity contribution in [2.45, 2.75) is 46.3 Å². The lowest BCUT2D eigenvalue weighted by Gasteiger charge is -2.17. The fraction of sp³-hybridized carbons (Fsp3) is 1.00. The average Bonchev–Trinajstić information content (AvgIpc) is 2.00. The smallest absolute Gasteiger partial charge is 0.157 e. The van der Waals surface area contributed by atoms with E-state index in [1.807, 2.05) is 13.8 Å². The molecule has 0 aliphatic heterocycles. The third-order valence-corrected chi connectivity index (χ3v) is 1.84. The van der Waals surface area contributed by atoms with Crippen LogP contribution >= 0.6 is 0 Å². The summed E-state index contributed by atoms with van der Waals surface area (Å²) in [7, 11) is 0. The van der Waals surface area contributed by atoms with Crippen LogP contribution in [-0.2, 0) is 4.74 Å². The van der Waals surface area contributed by atoms with Crippen LogP contribution in [-0.4, -0.2) is 18.0 Å². The molecule has 0 rings (SSSR count). The van der Waals surface area contributed by atoms with Crippen LogP contribution in [0.5, 0.6) is 0 Å². The number of aliphatic hydroxyl groups is 1. The van der Waals surface area contributed by atoms with Crippen LogP contribution in [0.3, 0.4) is 0 Å². The minimum absolute atomic E-state index is 0.273. The van der Waals surface area contributed by atoms with Crippen LogP contribution in [0.1, 0.15) is 40.0 Å². The van der Waals surface area contributed by atoms with Crippen LogP contribution < -0.4 is 0 Å². The molecule has 0 spiro atoms. The van der Waals surface area contributed by atoms with E-state index in [1.54, 1.807) is 0 Å². The van der Waals surface area contributed by atoms with Crippen LogP contribution in [0.4, 0.5) is 0 Å². The van der Waals surface area contributed by atoms with Gasteiger partial charge >= 0.3 is 0 Å². The first-order chi connectivity index (χ1) is 5.22. The molecule has 0 saturated heterocycles. The van der Waals surface area contributed by atoms with Gasteiger partial charge in [0, 0.05) is 12.5 Å². The van der Waals surface area contributed by atoms with Gasteiger partial charge in [-0.05, 0) is 13.3 Å². The molecule has 0 aliphatic rings. The molecule has 0 aromatic rings. The Morgan fingerprint density at radius 2 is 2.00 bits per heavy atom. The Morgan fingerprint density at radius 1 is 1.36 bits per heavy atom. The summed E-state index contributed by atoms with van der Waals surface area (Å²) in [4.78, 5) is 0. The van der Waals surface area contributed by atoms with Gasteiger partial charge in [-0.3, -0.25) is 0 Å². The molecule has 0 radical (unpaired) electrons. The fourth-order valence-corrected chi connectivity index (χ4v) is 1.00. The molecule has 2 heteroatoms. The summed E-state index contributed by atoms with van der Waals surface area (Å²) in [5.74, 6) is 0.273. The van der Waals surface area contributed by atoms with E-state index in [0.29, 0.717) is 6.61 Å². The van der Waals surface area contributed by atoms with Gasteiger partial charge in [-0.15, -0.1) is 0 Å². The van der Waals surface area contributed by atoms with Gasteiger partial charge in [-0.1, -0.05) is 26.7 Å². The molecule has 68 valence electrons. The molecule has 0 aliphatic carbocycles. The Hall–Kier alpha value is -0.0800. The number of ether oxygens (including phenoxy) is 1. The molecule has 0 bridgehead atoms. The van der Waals surface area contributed by atoms with Crippen molar-refractivity contribution in [1.29, 1.82) is 0 Å². The summed E-state index contributed by atoms with van der Waals surface area (Å²) in [6, 6.07) is 0. The molecule has 11 heavy (non-hydrogen) atoms. The van der Waals surface area contributed by atoms with Gasteiger partial charge in [0.1, 0.15) is 0 Å². The highest BCUT2D eigenvalue weighted by Gasteiger charge is 2.12. The maximum atomic E-state index is 9.32. The first-order valence-corrected chi connectivity index (χ1v) is 4.52. The van der Waals surface area contributed by atoms with Gasteiger partial charge < -0.3 is 9.84 Å². The molecule has 0 saturated carbocycles. The summed E-state index contributed by atoms with van der Waals surface area (Å²) in [6.45, 7) is 6.67. The van der Waals surface area contributed by atoms with Gasteiger partial charge in [0.15, 0.2) is 6.29 Å². The van der Waals surface area contributed by atoms with Gasteiger partial charge in [0.05, 0.1) is 0 Å². The Bertz CT molecular complexity index is 83.6. The minimum Gasteiger partial charge on any atom is -0.368 e. The van der Waals surface area contributed by atoms with Crippen molar-refractivity contribution in [1.82, 2.24) is 0 Å². The van der Waals surface area contributed by atoms with E-state index >= 15 is 0 Å². The van der Waals surface area contributed by atoms with Crippen LogP contribution in [0.25, 0.3) is 0 Å². The fourth-order valence-electron chi connectivity index (χ4n) is 1.00. The SMILES string of the molecule is CCCCC(C)C(O)OCC. The molecule has 2 atom stereocenters. The lowest BCUT2D eigenvalue weighted by molar-refractivity contribution is -0.127. The van der Waals surface area contributed by atoms with Crippen molar-refractivity contribution in [3.8, 4) is 0 Å². The summed E-state index contributed by atoms with van der Waals surface area (Å²) >= 11 is 0. The van der Waals surface area contributed by atoms with Gasteiger partial charge in [0.2, 0.25) is 0 Å². The van der Waals surface area contributed by atoms with Crippen molar-refractivity contribution in [2.75, 3.05) is 6.61 Å². The first kappa shape index (κ1) is 10.9. The standard InChI is InChI=1S/C9H20O2/c1-4-6-7-8(3)9(10)11-5-2/h8-10H,4-7H2,1-3H3. The van der Waals surface area contributed by atoms with E-state index in [2.05, 4.69) is 6.92 Å². The minimum atomic E-state index is -0.563. The topological polar surface area (TPSA) is 29.5 Å². The van der Waals surface area contributed by atoms with E-state index in [-0.39, 0.29) is 5.92 Å². The quantitative estimate of drug-likeness (QED) is 0.603. The highest BCUT2D eigenvalue weighted by atomic mass is 16.6. The zero-order valence-corrected chi connectivity index (χ0v) is 7.84. The predicted molar refractivity (Wildman–Crippen MR) is 46.3 cm³/mol.